The third-order valence-corrected chi connectivity index (χ3v) is 8.48. The minimum Gasteiger partial charge on any atom is -0.465 e. The summed E-state index contributed by atoms with van der Waals surface area (Å²) in [6.45, 7) is 1.97. The molecule has 5 rings (SSSR count). The average molecular weight is 656 g/mol. The molecule has 5 aromatic rings. The highest BCUT2D eigenvalue weighted by atomic mass is 32.2. The van der Waals surface area contributed by atoms with E-state index >= 15 is 0 Å². The van der Waals surface area contributed by atoms with Crippen LogP contribution in [0.15, 0.2) is 144 Å². The van der Waals surface area contributed by atoms with E-state index in [0.717, 1.165) is 21.6 Å². The number of amides is 3. The summed E-state index contributed by atoms with van der Waals surface area (Å²) in [6, 6.07) is 39.3. The Bertz CT molecular complexity index is 1930. The Morgan fingerprint density at radius 2 is 1.33 bits per heavy atom. The summed E-state index contributed by atoms with van der Waals surface area (Å²) in [5.41, 5.74) is 4.21. The molecule has 3 amide bonds. The largest absolute Gasteiger partial charge is 0.465 e. The van der Waals surface area contributed by atoms with Crippen molar-refractivity contribution in [2.45, 2.75) is 17.1 Å². The fourth-order valence-electron chi connectivity index (χ4n) is 4.70. The fourth-order valence-corrected chi connectivity index (χ4v) is 5.73. The fraction of sp³-hybridized carbons (Fsp3) is 0.0769. The molecule has 48 heavy (non-hydrogen) atoms. The van der Waals surface area contributed by atoms with Gasteiger partial charge in [-0.25, -0.2) is 4.79 Å². The number of ether oxygens (including phenoxy) is 1. The van der Waals surface area contributed by atoms with Crippen LogP contribution in [0.3, 0.4) is 0 Å². The lowest BCUT2D eigenvalue weighted by Crippen LogP contribution is -2.30. The molecule has 0 aliphatic heterocycles. The maximum Gasteiger partial charge on any atom is 0.339 e. The van der Waals surface area contributed by atoms with E-state index in [-0.39, 0.29) is 17.2 Å². The van der Waals surface area contributed by atoms with Crippen LogP contribution in [-0.2, 0) is 14.3 Å². The summed E-state index contributed by atoms with van der Waals surface area (Å²) in [5.74, 6) is -1.77. The first-order chi connectivity index (χ1) is 23.3. The summed E-state index contributed by atoms with van der Waals surface area (Å²) in [7, 11) is 1.29. The van der Waals surface area contributed by atoms with Crippen molar-refractivity contribution in [3.63, 3.8) is 0 Å². The molecule has 0 spiro atoms. The summed E-state index contributed by atoms with van der Waals surface area (Å²) in [5, 5.41) is 7.85. The van der Waals surface area contributed by atoms with Gasteiger partial charge in [-0.1, -0.05) is 90.5 Å². The molecule has 0 aromatic heterocycles. The number of hydrogen-bond donors (Lipinski definition) is 3. The SMILES string of the molecule is COC(=O)c1ccccc1NC(=O)C(Sc1ccc(NC(=O)/C(=C/c2ccc(C)cc2)NC(=O)c2ccccc2)cc1)c1ccccc1. The number of carbonyl (C=O) groups is 4. The number of hydrogen-bond acceptors (Lipinski definition) is 6. The highest BCUT2D eigenvalue weighted by Crippen LogP contribution is 2.37. The molecule has 1 atom stereocenters. The Kier molecular flexibility index (Phi) is 11.2. The van der Waals surface area contributed by atoms with Gasteiger partial charge < -0.3 is 20.7 Å². The monoisotopic (exact) mass is 655 g/mol. The van der Waals surface area contributed by atoms with Gasteiger partial charge in [0, 0.05) is 16.1 Å². The standard InChI is InChI=1S/C39H33N3O5S/c1-26-17-19-27(20-18-26)25-34(42-36(43)29-13-7-4-8-14-29)37(44)40-30-21-23-31(24-22-30)48-35(28-11-5-3-6-12-28)38(45)41-33-16-10-9-15-32(33)39(46)47-2/h3-25,35H,1-2H3,(H,40,44)(H,41,45)(H,42,43)/b34-25-. The van der Waals surface area contributed by atoms with Crippen LogP contribution in [-0.4, -0.2) is 30.8 Å². The number of thioether (sulfide) groups is 1. The Labute approximate surface area is 283 Å². The van der Waals surface area contributed by atoms with Crippen molar-refractivity contribution in [2.75, 3.05) is 17.7 Å². The van der Waals surface area contributed by atoms with Crippen molar-refractivity contribution in [3.05, 3.63) is 167 Å². The number of benzene rings is 5. The van der Waals surface area contributed by atoms with Gasteiger partial charge in [0.1, 0.15) is 10.9 Å². The molecule has 0 saturated carbocycles. The number of nitrogens with one attached hydrogen (secondary N) is 3. The highest BCUT2D eigenvalue weighted by Gasteiger charge is 2.24. The molecule has 1 unspecified atom stereocenters. The smallest absolute Gasteiger partial charge is 0.339 e. The first-order valence-electron chi connectivity index (χ1n) is 15.1. The molecule has 0 saturated heterocycles. The van der Waals surface area contributed by atoms with E-state index in [0.29, 0.717) is 16.9 Å². The second kappa shape index (κ2) is 16.1. The molecular weight excluding hydrogens is 623 g/mol. The summed E-state index contributed by atoms with van der Waals surface area (Å²) in [4.78, 5) is 53.1. The Hall–Kier alpha value is -5.93. The number of rotatable bonds is 11. The van der Waals surface area contributed by atoms with Crippen LogP contribution in [0.5, 0.6) is 0 Å². The van der Waals surface area contributed by atoms with Crippen molar-refractivity contribution in [1.82, 2.24) is 5.32 Å². The van der Waals surface area contributed by atoms with E-state index in [1.54, 1.807) is 78.9 Å². The summed E-state index contributed by atoms with van der Waals surface area (Å²) < 4.78 is 4.88. The lowest BCUT2D eigenvalue weighted by Gasteiger charge is -2.18. The van der Waals surface area contributed by atoms with Gasteiger partial charge in [0.2, 0.25) is 5.91 Å². The van der Waals surface area contributed by atoms with Crippen LogP contribution in [0.1, 0.15) is 42.7 Å². The molecule has 3 N–H and O–H groups in total. The van der Waals surface area contributed by atoms with Crippen LogP contribution in [0.2, 0.25) is 0 Å². The molecule has 0 heterocycles. The van der Waals surface area contributed by atoms with E-state index < -0.39 is 23.0 Å². The predicted octanol–water partition coefficient (Wildman–Crippen LogP) is 7.66. The van der Waals surface area contributed by atoms with Gasteiger partial charge in [0.05, 0.1) is 18.4 Å². The van der Waals surface area contributed by atoms with Gasteiger partial charge in [-0.05, 0) is 72.7 Å². The molecular formula is C39H33N3O5S. The number of anilines is 2. The summed E-state index contributed by atoms with van der Waals surface area (Å²) in [6.07, 6.45) is 1.63. The molecule has 5 aromatic carbocycles. The zero-order chi connectivity index (χ0) is 33.9. The summed E-state index contributed by atoms with van der Waals surface area (Å²) >= 11 is 1.32. The van der Waals surface area contributed by atoms with Crippen LogP contribution in [0.4, 0.5) is 11.4 Å². The number of para-hydroxylation sites is 1. The molecule has 240 valence electrons. The molecule has 0 aliphatic carbocycles. The van der Waals surface area contributed by atoms with Crippen LogP contribution in [0, 0.1) is 6.92 Å². The van der Waals surface area contributed by atoms with Crippen molar-refractivity contribution in [1.29, 1.82) is 0 Å². The maximum atomic E-state index is 13.6. The molecule has 0 bridgehead atoms. The van der Waals surface area contributed by atoms with Crippen molar-refractivity contribution < 1.29 is 23.9 Å². The number of carbonyl (C=O) groups excluding carboxylic acids is 4. The quantitative estimate of drug-likeness (QED) is 0.0765. The Morgan fingerprint density at radius 3 is 2.00 bits per heavy atom. The van der Waals surface area contributed by atoms with E-state index in [2.05, 4.69) is 16.0 Å². The van der Waals surface area contributed by atoms with Gasteiger partial charge in [-0.3, -0.25) is 14.4 Å². The van der Waals surface area contributed by atoms with Crippen LogP contribution in [0.25, 0.3) is 6.08 Å². The van der Waals surface area contributed by atoms with E-state index in [1.807, 2.05) is 67.6 Å². The van der Waals surface area contributed by atoms with Crippen LogP contribution >= 0.6 is 11.8 Å². The van der Waals surface area contributed by atoms with Gasteiger partial charge in [-0.15, -0.1) is 11.8 Å². The lowest BCUT2D eigenvalue weighted by atomic mass is 10.1. The van der Waals surface area contributed by atoms with Gasteiger partial charge in [0.15, 0.2) is 0 Å². The van der Waals surface area contributed by atoms with Gasteiger partial charge in [-0.2, -0.15) is 0 Å². The van der Waals surface area contributed by atoms with Crippen molar-refractivity contribution in [2.24, 2.45) is 0 Å². The van der Waals surface area contributed by atoms with E-state index in [9.17, 15) is 19.2 Å². The third kappa shape index (κ3) is 8.86. The van der Waals surface area contributed by atoms with Gasteiger partial charge in [0.25, 0.3) is 11.8 Å². The third-order valence-electron chi connectivity index (χ3n) is 7.21. The highest BCUT2D eigenvalue weighted by molar-refractivity contribution is 8.00. The Balaban J connectivity index is 1.33. The molecule has 9 heteroatoms. The molecule has 0 fully saturated rings. The first-order valence-corrected chi connectivity index (χ1v) is 15.9. The number of methoxy groups -OCH3 is 1. The van der Waals surface area contributed by atoms with Gasteiger partial charge >= 0.3 is 5.97 Å². The van der Waals surface area contributed by atoms with Crippen molar-refractivity contribution >= 4 is 52.9 Å². The zero-order valence-corrected chi connectivity index (χ0v) is 27.1. The predicted molar refractivity (Wildman–Crippen MR) is 190 cm³/mol. The van der Waals surface area contributed by atoms with E-state index in [1.165, 1.54) is 18.9 Å². The van der Waals surface area contributed by atoms with E-state index in [4.69, 9.17) is 4.74 Å². The second-order valence-electron chi connectivity index (χ2n) is 10.7. The second-order valence-corrected chi connectivity index (χ2v) is 11.9. The zero-order valence-electron chi connectivity index (χ0n) is 26.3. The maximum absolute atomic E-state index is 13.6. The minimum atomic E-state index is -0.658. The van der Waals surface area contributed by atoms with Crippen molar-refractivity contribution in [3.8, 4) is 0 Å². The molecule has 8 nitrogen and oxygen atoms in total. The number of aryl methyl sites for hydroxylation is 1. The minimum absolute atomic E-state index is 0.0826. The first kappa shape index (κ1) is 33.4. The topological polar surface area (TPSA) is 114 Å². The number of esters is 1. The lowest BCUT2D eigenvalue weighted by molar-refractivity contribution is -0.116. The Morgan fingerprint density at radius 1 is 0.708 bits per heavy atom. The van der Waals surface area contributed by atoms with Crippen LogP contribution < -0.4 is 16.0 Å². The normalized spacial score (nSPS) is 11.6. The average Bonchev–Trinajstić information content (AvgIpc) is 3.12. The molecule has 0 radical (unpaired) electrons. The molecule has 0 aliphatic rings.